The first kappa shape index (κ1) is 15.8. The highest BCUT2D eigenvalue weighted by atomic mass is 16.3. The molecule has 20 heavy (non-hydrogen) atoms. The molecule has 0 bridgehead atoms. The molecule has 1 N–H and O–H groups in total. The second-order valence-electron chi connectivity index (χ2n) is 6.50. The number of amides is 1. The lowest BCUT2D eigenvalue weighted by atomic mass is 9.91. The molecule has 1 saturated heterocycles. The van der Waals surface area contributed by atoms with Crippen LogP contribution < -0.4 is 0 Å². The largest absolute Gasteiger partial charge is 0.391 e. The molecule has 4 heteroatoms. The Morgan fingerprint density at radius 2 is 1.70 bits per heavy atom. The van der Waals surface area contributed by atoms with E-state index in [4.69, 9.17) is 0 Å². The van der Waals surface area contributed by atoms with Gasteiger partial charge in [0.1, 0.15) is 0 Å². The van der Waals surface area contributed by atoms with Crippen LogP contribution in [0.3, 0.4) is 0 Å². The number of likely N-dealkylation sites (tertiary alicyclic amines) is 1. The molecule has 1 amide bonds. The molecule has 2 fully saturated rings. The minimum Gasteiger partial charge on any atom is -0.391 e. The minimum atomic E-state index is -0.270. The number of rotatable bonds is 3. The molecule has 1 heterocycles. The lowest BCUT2D eigenvalue weighted by Gasteiger charge is -2.39. The standard InChI is InChI=1S/C16H30N2O2/c1-13(16(20)18-11-7-3-4-8-12-18)17(2)14-9-5-6-10-15(14)19/h13-15,19H,3-12H2,1-2H3. The maximum atomic E-state index is 12.6. The molecule has 3 unspecified atom stereocenters. The van der Waals surface area contributed by atoms with E-state index in [2.05, 4.69) is 4.90 Å². The first-order valence-electron chi connectivity index (χ1n) is 8.30. The highest BCUT2D eigenvalue weighted by Crippen LogP contribution is 2.24. The van der Waals surface area contributed by atoms with Crippen molar-refractivity contribution in [3.63, 3.8) is 0 Å². The highest BCUT2D eigenvalue weighted by molar-refractivity contribution is 5.81. The van der Waals surface area contributed by atoms with Gasteiger partial charge >= 0.3 is 0 Å². The summed E-state index contributed by atoms with van der Waals surface area (Å²) in [4.78, 5) is 16.8. The highest BCUT2D eigenvalue weighted by Gasteiger charge is 2.33. The van der Waals surface area contributed by atoms with Gasteiger partial charge < -0.3 is 10.0 Å². The monoisotopic (exact) mass is 282 g/mol. The Bertz CT molecular complexity index is 314. The predicted octanol–water partition coefficient (Wildman–Crippen LogP) is 2.01. The summed E-state index contributed by atoms with van der Waals surface area (Å²) in [6.07, 6.45) is 8.65. The van der Waals surface area contributed by atoms with Crippen LogP contribution in [-0.4, -0.2) is 59.1 Å². The van der Waals surface area contributed by atoms with Gasteiger partial charge in [0.15, 0.2) is 0 Å². The fourth-order valence-corrected chi connectivity index (χ4v) is 3.58. The van der Waals surface area contributed by atoms with Crippen LogP contribution in [-0.2, 0) is 4.79 Å². The first-order chi connectivity index (χ1) is 9.61. The number of carbonyl (C=O) groups is 1. The van der Waals surface area contributed by atoms with Crippen LogP contribution in [0.25, 0.3) is 0 Å². The van der Waals surface area contributed by atoms with E-state index in [9.17, 15) is 9.90 Å². The first-order valence-corrected chi connectivity index (χ1v) is 8.30. The van der Waals surface area contributed by atoms with Gasteiger partial charge in [-0.2, -0.15) is 0 Å². The number of likely N-dealkylation sites (N-methyl/N-ethyl adjacent to an activating group) is 1. The van der Waals surface area contributed by atoms with Crippen molar-refractivity contribution in [2.75, 3.05) is 20.1 Å². The van der Waals surface area contributed by atoms with E-state index < -0.39 is 0 Å². The summed E-state index contributed by atoms with van der Waals surface area (Å²) in [6.45, 7) is 3.81. The van der Waals surface area contributed by atoms with Crippen molar-refractivity contribution in [2.45, 2.75) is 76.5 Å². The third kappa shape index (κ3) is 3.73. The smallest absolute Gasteiger partial charge is 0.239 e. The molecule has 0 radical (unpaired) electrons. The summed E-state index contributed by atoms with van der Waals surface area (Å²) in [6, 6.07) is 0.0283. The topological polar surface area (TPSA) is 43.8 Å². The van der Waals surface area contributed by atoms with Crippen LogP contribution in [0.2, 0.25) is 0 Å². The normalized spacial score (nSPS) is 30.1. The lowest BCUT2D eigenvalue weighted by Crippen LogP contribution is -2.53. The zero-order chi connectivity index (χ0) is 14.5. The van der Waals surface area contributed by atoms with E-state index in [1.54, 1.807) is 0 Å². The quantitative estimate of drug-likeness (QED) is 0.861. The lowest BCUT2D eigenvalue weighted by molar-refractivity contribution is -0.138. The molecule has 0 aromatic rings. The van der Waals surface area contributed by atoms with Crippen LogP contribution in [0.1, 0.15) is 58.3 Å². The molecule has 116 valence electrons. The summed E-state index contributed by atoms with van der Waals surface area (Å²) < 4.78 is 0. The molecule has 0 spiro atoms. The number of aliphatic hydroxyl groups excluding tert-OH is 1. The number of aliphatic hydroxyl groups is 1. The fraction of sp³-hybridized carbons (Fsp3) is 0.938. The van der Waals surface area contributed by atoms with Gasteiger partial charge in [0.2, 0.25) is 5.91 Å². The van der Waals surface area contributed by atoms with E-state index in [0.29, 0.717) is 0 Å². The van der Waals surface area contributed by atoms with Gasteiger partial charge in [-0.3, -0.25) is 9.69 Å². The molecule has 1 aliphatic heterocycles. The Labute approximate surface area is 123 Å². The van der Waals surface area contributed by atoms with Crippen LogP contribution in [0.15, 0.2) is 0 Å². The van der Waals surface area contributed by atoms with Crippen LogP contribution in [0.5, 0.6) is 0 Å². The average Bonchev–Trinajstić information content (AvgIpc) is 2.74. The number of hydrogen-bond donors (Lipinski definition) is 1. The summed E-state index contributed by atoms with van der Waals surface area (Å²) >= 11 is 0. The van der Waals surface area contributed by atoms with Gasteiger partial charge in [0.05, 0.1) is 12.1 Å². The Kier molecular flexibility index (Phi) is 5.85. The molecular formula is C16H30N2O2. The van der Waals surface area contributed by atoms with Crippen molar-refractivity contribution >= 4 is 5.91 Å². The summed E-state index contributed by atoms with van der Waals surface area (Å²) in [5.74, 6) is 0.243. The third-order valence-corrected chi connectivity index (χ3v) is 5.10. The van der Waals surface area contributed by atoms with Crippen LogP contribution in [0.4, 0.5) is 0 Å². The van der Waals surface area contributed by atoms with Crippen molar-refractivity contribution in [3.05, 3.63) is 0 Å². The van der Waals surface area contributed by atoms with E-state index in [0.717, 1.165) is 51.6 Å². The number of hydrogen-bond acceptors (Lipinski definition) is 3. The van der Waals surface area contributed by atoms with Crippen molar-refractivity contribution in [1.29, 1.82) is 0 Å². The Balaban J connectivity index is 1.94. The van der Waals surface area contributed by atoms with Gasteiger partial charge in [-0.25, -0.2) is 0 Å². The zero-order valence-electron chi connectivity index (χ0n) is 13.1. The van der Waals surface area contributed by atoms with Gasteiger partial charge in [0, 0.05) is 19.1 Å². The van der Waals surface area contributed by atoms with Crippen molar-refractivity contribution in [1.82, 2.24) is 9.80 Å². The summed E-state index contributed by atoms with van der Waals surface area (Å²) in [5, 5.41) is 10.2. The second-order valence-corrected chi connectivity index (χ2v) is 6.50. The molecule has 1 saturated carbocycles. The second kappa shape index (κ2) is 7.41. The van der Waals surface area contributed by atoms with Crippen LogP contribution >= 0.6 is 0 Å². The maximum absolute atomic E-state index is 12.6. The third-order valence-electron chi connectivity index (χ3n) is 5.10. The maximum Gasteiger partial charge on any atom is 0.239 e. The molecule has 3 atom stereocenters. The summed E-state index contributed by atoms with van der Waals surface area (Å²) in [7, 11) is 2.00. The van der Waals surface area contributed by atoms with Gasteiger partial charge in [-0.05, 0) is 39.7 Å². The Morgan fingerprint density at radius 1 is 1.10 bits per heavy atom. The fourth-order valence-electron chi connectivity index (χ4n) is 3.58. The zero-order valence-corrected chi connectivity index (χ0v) is 13.1. The minimum absolute atomic E-state index is 0.120. The molecule has 0 aromatic heterocycles. The SMILES string of the molecule is CC(C(=O)N1CCCCCC1)N(C)C1CCCCC1O. The summed E-state index contributed by atoms with van der Waals surface area (Å²) in [5.41, 5.74) is 0. The predicted molar refractivity (Wildman–Crippen MR) is 80.5 cm³/mol. The van der Waals surface area contributed by atoms with Gasteiger partial charge in [-0.15, -0.1) is 0 Å². The van der Waals surface area contributed by atoms with E-state index in [-0.39, 0.29) is 24.1 Å². The number of nitrogens with zero attached hydrogens (tertiary/aromatic N) is 2. The average molecular weight is 282 g/mol. The van der Waals surface area contributed by atoms with Crippen LogP contribution in [0, 0.1) is 0 Å². The molecule has 2 aliphatic rings. The van der Waals surface area contributed by atoms with Crippen molar-refractivity contribution < 1.29 is 9.90 Å². The van der Waals surface area contributed by atoms with Crippen molar-refractivity contribution in [2.24, 2.45) is 0 Å². The molecule has 0 aromatic carbocycles. The Hall–Kier alpha value is -0.610. The molecule has 4 nitrogen and oxygen atoms in total. The van der Waals surface area contributed by atoms with E-state index in [1.807, 2.05) is 18.9 Å². The molecular weight excluding hydrogens is 252 g/mol. The molecule has 2 rings (SSSR count). The van der Waals surface area contributed by atoms with Crippen molar-refractivity contribution in [3.8, 4) is 0 Å². The van der Waals surface area contributed by atoms with E-state index in [1.165, 1.54) is 12.8 Å². The number of carbonyl (C=O) groups excluding carboxylic acids is 1. The van der Waals surface area contributed by atoms with Gasteiger partial charge in [-0.1, -0.05) is 25.7 Å². The van der Waals surface area contributed by atoms with Gasteiger partial charge in [0.25, 0.3) is 0 Å². The Morgan fingerprint density at radius 3 is 2.30 bits per heavy atom. The molecule has 1 aliphatic carbocycles. The van der Waals surface area contributed by atoms with E-state index >= 15 is 0 Å².